The Morgan fingerprint density at radius 3 is 2.79 bits per heavy atom. The van der Waals surface area contributed by atoms with Crippen LogP contribution in [0.25, 0.3) is 0 Å². The standard InChI is InChI=1S/C15H20FNO2/c1-10-4-3-5-12(8-10)17(2)15(19)13-7-6-11(16)9-14(13)18/h6-7,9-10,12,18H,3-5,8H2,1-2H3. The first-order valence-electron chi connectivity index (χ1n) is 6.74. The molecule has 2 atom stereocenters. The summed E-state index contributed by atoms with van der Waals surface area (Å²) in [5.74, 6) is -0.448. The van der Waals surface area contributed by atoms with Gasteiger partial charge in [-0.2, -0.15) is 0 Å². The topological polar surface area (TPSA) is 40.5 Å². The van der Waals surface area contributed by atoms with Gasteiger partial charge in [0.1, 0.15) is 11.6 Å². The van der Waals surface area contributed by atoms with Crippen molar-refractivity contribution in [3.8, 4) is 5.75 Å². The fourth-order valence-corrected chi connectivity index (χ4v) is 2.80. The number of hydrogen-bond donors (Lipinski definition) is 1. The third kappa shape index (κ3) is 3.06. The van der Waals surface area contributed by atoms with Gasteiger partial charge < -0.3 is 10.0 Å². The van der Waals surface area contributed by atoms with E-state index in [-0.39, 0.29) is 23.3 Å². The van der Waals surface area contributed by atoms with Crippen molar-refractivity contribution in [2.45, 2.75) is 38.6 Å². The predicted octanol–water partition coefficient (Wildman–Crippen LogP) is 3.18. The molecule has 1 saturated carbocycles. The van der Waals surface area contributed by atoms with Crippen LogP contribution in [-0.2, 0) is 0 Å². The maximum Gasteiger partial charge on any atom is 0.257 e. The normalized spacial score (nSPS) is 23.1. The molecule has 19 heavy (non-hydrogen) atoms. The Labute approximate surface area is 113 Å². The average molecular weight is 265 g/mol. The summed E-state index contributed by atoms with van der Waals surface area (Å²) >= 11 is 0. The van der Waals surface area contributed by atoms with Crippen LogP contribution in [0.15, 0.2) is 18.2 Å². The van der Waals surface area contributed by atoms with Crippen LogP contribution in [0.4, 0.5) is 4.39 Å². The Morgan fingerprint density at radius 2 is 2.16 bits per heavy atom. The number of amides is 1. The Morgan fingerprint density at radius 1 is 1.42 bits per heavy atom. The maximum atomic E-state index is 12.9. The number of nitrogens with zero attached hydrogens (tertiary/aromatic N) is 1. The van der Waals surface area contributed by atoms with Gasteiger partial charge in [-0.3, -0.25) is 4.79 Å². The van der Waals surface area contributed by atoms with Gasteiger partial charge in [-0.15, -0.1) is 0 Å². The second-order valence-corrected chi connectivity index (χ2v) is 5.50. The second kappa shape index (κ2) is 5.59. The molecule has 104 valence electrons. The van der Waals surface area contributed by atoms with Crippen molar-refractivity contribution in [3.05, 3.63) is 29.6 Å². The summed E-state index contributed by atoms with van der Waals surface area (Å²) < 4.78 is 12.9. The van der Waals surface area contributed by atoms with Gasteiger partial charge in [0.05, 0.1) is 5.56 Å². The van der Waals surface area contributed by atoms with E-state index >= 15 is 0 Å². The molecule has 1 aromatic rings. The van der Waals surface area contributed by atoms with E-state index in [2.05, 4.69) is 6.92 Å². The van der Waals surface area contributed by atoms with E-state index in [1.807, 2.05) is 0 Å². The number of hydrogen-bond acceptors (Lipinski definition) is 2. The van der Waals surface area contributed by atoms with E-state index < -0.39 is 5.82 Å². The first-order valence-corrected chi connectivity index (χ1v) is 6.74. The molecule has 1 N–H and O–H groups in total. The minimum atomic E-state index is -0.539. The average Bonchev–Trinajstić information content (AvgIpc) is 2.37. The fourth-order valence-electron chi connectivity index (χ4n) is 2.80. The smallest absolute Gasteiger partial charge is 0.257 e. The van der Waals surface area contributed by atoms with E-state index in [0.29, 0.717) is 5.92 Å². The third-order valence-corrected chi connectivity index (χ3v) is 3.97. The zero-order chi connectivity index (χ0) is 14.0. The molecule has 2 rings (SSSR count). The lowest BCUT2D eigenvalue weighted by atomic mass is 9.86. The van der Waals surface area contributed by atoms with Crippen molar-refractivity contribution in [1.82, 2.24) is 4.90 Å². The van der Waals surface area contributed by atoms with Crippen molar-refractivity contribution in [2.24, 2.45) is 5.92 Å². The molecule has 0 aliphatic heterocycles. The van der Waals surface area contributed by atoms with Crippen molar-refractivity contribution in [2.75, 3.05) is 7.05 Å². The van der Waals surface area contributed by atoms with Crippen molar-refractivity contribution >= 4 is 5.91 Å². The summed E-state index contributed by atoms with van der Waals surface area (Å²) in [7, 11) is 1.76. The van der Waals surface area contributed by atoms with Crippen LogP contribution >= 0.6 is 0 Å². The molecule has 0 spiro atoms. The molecule has 4 heteroatoms. The van der Waals surface area contributed by atoms with E-state index in [1.165, 1.54) is 18.6 Å². The highest BCUT2D eigenvalue weighted by atomic mass is 19.1. The highest BCUT2D eigenvalue weighted by Gasteiger charge is 2.27. The van der Waals surface area contributed by atoms with Crippen molar-refractivity contribution in [3.63, 3.8) is 0 Å². The van der Waals surface area contributed by atoms with Crippen LogP contribution in [0, 0.1) is 11.7 Å². The molecule has 1 aliphatic rings. The van der Waals surface area contributed by atoms with Gasteiger partial charge in [0.15, 0.2) is 0 Å². The number of phenolic OH excluding ortho intramolecular Hbond substituents is 1. The van der Waals surface area contributed by atoms with Crippen LogP contribution in [0.3, 0.4) is 0 Å². The molecule has 0 saturated heterocycles. The molecule has 1 fully saturated rings. The van der Waals surface area contributed by atoms with Gasteiger partial charge in [0, 0.05) is 19.2 Å². The molecule has 0 heterocycles. The number of carbonyl (C=O) groups excluding carboxylic acids is 1. The zero-order valence-electron chi connectivity index (χ0n) is 11.4. The fraction of sp³-hybridized carbons (Fsp3) is 0.533. The number of aromatic hydroxyl groups is 1. The lowest BCUT2D eigenvalue weighted by Gasteiger charge is -2.34. The first kappa shape index (κ1) is 13.8. The van der Waals surface area contributed by atoms with Gasteiger partial charge in [-0.05, 0) is 30.9 Å². The molecule has 1 amide bonds. The molecule has 0 bridgehead atoms. The highest BCUT2D eigenvalue weighted by molar-refractivity contribution is 5.96. The van der Waals surface area contributed by atoms with E-state index in [1.54, 1.807) is 11.9 Å². The Kier molecular flexibility index (Phi) is 4.08. The number of rotatable bonds is 2. The summed E-state index contributed by atoms with van der Waals surface area (Å²) in [6, 6.07) is 3.73. The Balaban J connectivity index is 2.14. The summed E-state index contributed by atoms with van der Waals surface area (Å²) in [6.07, 6.45) is 4.32. The summed E-state index contributed by atoms with van der Waals surface area (Å²) in [6.45, 7) is 2.19. The van der Waals surface area contributed by atoms with Gasteiger partial charge >= 0.3 is 0 Å². The molecule has 3 nitrogen and oxygen atoms in total. The van der Waals surface area contributed by atoms with Crippen LogP contribution in [-0.4, -0.2) is 29.0 Å². The van der Waals surface area contributed by atoms with E-state index in [4.69, 9.17) is 0 Å². The lowest BCUT2D eigenvalue weighted by molar-refractivity contribution is 0.0669. The number of carbonyl (C=O) groups is 1. The molecular formula is C15H20FNO2. The molecule has 1 aliphatic carbocycles. The van der Waals surface area contributed by atoms with Crippen LogP contribution in [0.2, 0.25) is 0 Å². The van der Waals surface area contributed by atoms with Crippen LogP contribution in [0.1, 0.15) is 43.0 Å². The summed E-state index contributed by atoms with van der Waals surface area (Å²) in [5.41, 5.74) is 0.169. The monoisotopic (exact) mass is 265 g/mol. The van der Waals surface area contributed by atoms with Gasteiger partial charge in [0.25, 0.3) is 5.91 Å². The predicted molar refractivity (Wildman–Crippen MR) is 71.6 cm³/mol. The van der Waals surface area contributed by atoms with Gasteiger partial charge in [0.2, 0.25) is 0 Å². The number of halogens is 1. The minimum absolute atomic E-state index is 0.169. The van der Waals surface area contributed by atoms with Crippen molar-refractivity contribution in [1.29, 1.82) is 0 Å². The third-order valence-electron chi connectivity index (χ3n) is 3.97. The quantitative estimate of drug-likeness (QED) is 0.892. The molecule has 1 aromatic carbocycles. The summed E-state index contributed by atoms with van der Waals surface area (Å²) in [5, 5.41) is 9.67. The Hall–Kier alpha value is -1.58. The number of benzene rings is 1. The van der Waals surface area contributed by atoms with E-state index in [0.717, 1.165) is 25.3 Å². The largest absolute Gasteiger partial charge is 0.507 e. The van der Waals surface area contributed by atoms with Gasteiger partial charge in [-0.1, -0.05) is 19.8 Å². The number of phenols is 1. The molecule has 2 unspecified atom stereocenters. The SMILES string of the molecule is CC1CCCC(N(C)C(=O)c2ccc(F)cc2O)C1. The first-order chi connectivity index (χ1) is 8.99. The summed E-state index contributed by atoms with van der Waals surface area (Å²) in [4.78, 5) is 14.0. The zero-order valence-corrected chi connectivity index (χ0v) is 11.4. The van der Waals surface area contributed by atoms with E-state index in [9.17, 15) is 14.3 Å². The minimum Gasteiger partial charge on any atom is -0.507 e. The lowest BCUT2D eigenvalue weighted by Crippen LogP contribution is -2.39. The van der Waals surface area contributed by atoms with Crippen molar-refractivity contribution < 1.29 is 14.3 Å². The van der Waals surface area contributed by atoms with Crippen LogP contribution < -0.4 is 0 Å². The molecule has 0 radical (unpaired) electrons. The second-order valence-electron chi connectivity index (χ2n) is 5.50. The maximum absolute atomic E-state index is 12.9. The van der Waals surface area contributed by atoms with Gasteiger partial charge in [-0.25, -0.2) is 4.39 Å². The highest BCUT2D eigenvalue weighted by Crippen LogP contribution is 2.28. The Bertz CT molecular complexity index is 475. The molecule has 0 aromatic heterocycles. The molecular weight excluding hydrogens is 245 g/mol. The van der Waals surface area contributed by atoms with Crippen LogP contribution in [0.5, 0.6) is 5.75 Å².